The van der Waals surface area contributed by atoms with Crippen molar-refractivity contribution in [3.63, 3.8) is 0 Å². The van der Waals surface area contributed by atoms with Crippen LogP contribution in [0, 0.1) is 5.82 Å². The summed E-state index contributed by atoms with van der Waals surface area (Å²) in [4.78, 5) is 0. The van der Waals surface area contributed by atoms with Crippen LogP contribution in [0.25, 0.3) is 0 Å². The summed E-state index contributed by atoms with van der Waals surface area (Å²) in [6.45, 7) is 0. The molecule has 104 valence electrons. The summed E-state index contributed by atoms with van der Waals surface area (Å²) < 4.78 is 18.9. The van der Waals surface area contributed by atoms with E-state index in [-0.39, 0.29) is 17.3 Å². The monoisotopic (exact) mass is 271 g/mol. The van der Waals surface area contributed by atoms with Gasteiger partial charge >= 0.3 is 0 Å². The second kappa shape index (κ2) is 4.91. The van der Waals surface area contributed by atoms with E-state index in [1.54, 1.807) is 13.2 Å². The molecule has 1 fully saturated rings. The molecule has 0 aromatic heterocycles. The van der Waals surface area contributed by atoms with Gasteiger partial charge in [0.1, 0.15) is 11.6 Å². The van der Waals surface area contributed by atoms with Gasteiger partial charge in [-0.3, -0.25) is 0 Å². The highest BCUT2D eigenvalue weighted by Gasteiger charge is 2.50. The Morgan fingerprint density at radius 1 is 1.15 bits per heavy atom. The second-order valence-electron chi connectivity index (χ2n) is 5.39. The van der Waals surface area contributed by atoms with Crippen molar-refractivity contribution in [1.29, 1.82) is 0 Å². The Hall–Kier alpha value is -1.87. The van der Waals surface area contributed by atoms with Gasteiger partial charge in [-0.15, -0.1) is 0 Å². The van der Waals surface area contributed by atoms with Gasteiger partial charge in [0, 0.05) is 17.0 Å². The molecule has 2 aromatic rings. The molecule has 20 heavy (non-hydrogen) atoms. The molecule has 0 bridgehead atoms. The molecule has 3 heteroatoms. The maximum absolute atomic E-state index is 13.5. The zero-order chi connectivity index (χ0) is 14.2. The van der Waals surface area contributed by atoms with Crippen LogP contribution in [0.2, 0.25) is 0 Å². The van der Waals surface area contributed by atoms with Crippen LogP contribution in [0.5, 0.6) is 5.75 Å². The summed E-state index contributed by atoms with van der Waals surface area (Å²) in [6, 6.07) is 14.5. The first kappa shape index (κ1) is 13.1. The van der Waals surface area contributed by atoms with Gasteiger partial charge in [0.2, 0.25) is 0 Å². The lowest BCUT2D eigenvalue weighted by molar-refractivity contribution is 0.396. The van der Waals surface area contributed by atoms with Gasteiger partial charge < -0.3 is 10.5 Å². The Bertz CT molecular complexity index is 608. The highest BCUT2D eigenvalue weighted by molar-refractivity contribution is 5.44. The zero-order valence-corrected chi connectivity index (χ0v) is 11.5. The number of halogens is 1. The number of hydrogen-bond acceptors (Lipinski definition) is 2. The van der Waals surface area contributed by atoms with E-state index in [2.05, 4.69) is 12.1 Å². The van der Waals surface area contributed by atoms with E-state index in [9.17, 15) is 4.39 Å². The standard InChI is InChI=1S/C17H18FNO/c1-20-15-8-7-13(18)11-14(15)16(19)17(9-10-17)12-5-3-2-4-6-12/h2-8,11,16H,9-10,19H2,1H3. The first-order valence-corrected chi connectivity index (χ1v) is 6.82. The van der Waals surface area contributed by atoms with Crippen LogP contribution in [0.3, 0.4) is 0 Å². The summed E-state index contributed by atoms with van der Waals surface area (Å²) in [5.74, 6) is 0.376. The molecule has 1 aliphatic rings. The normalized spacial score (nSPS) is 17.6. The molecule has 2 aromatic carbocycles. The van der Waals surface area contributed by atoms with E-state index < -0.39 is 0 Å². The predicted molar refractivity (Wildman–Crippen MR) is 77.2 cm³/mol. The van der Waals surface area contributed by atoms with Crippen molar-refractivity contribution in [2.45, 2.75) is 24.3 Å². The maximum Gasteiger partial charge on any atom is 0.123 e. The minimum atomic E-state index is -0.278. The van der Waals surface area contributed by atoms with E-state index in [1.165, 1.54) is 17.7 Å². The van der Waals surface area contributed by atoms with E-state index in [1.807, 2.05) is 18.2 Å². The first-order valence-electron chi connectivity index (χ1n) is 6.82. The number of hydrogen-bond donors (Lipinski definition) is 1. The Kier molecular flexibility index (Phi) is 3.22. The lowest BCUT2D eigenvalue weighted by Crippen LogP contribution is -2.27. The molecule has 1 saturated carbocycles. The molecular formula is C17H18FNO. The molecule has 0 aliphatic heterocycles. The molecule has 2 N–H and O–H groups in total. The highest BCUT2D eigenvalue weighted by Crippen LogP contribution is 2.56. The quantitative estimate of drug-likeness (QED) is 0.922. The van der Waals surface area contributed by atoms with Gasteiger partial charge in [0.25, 0.3) is 0 Å². The van der Waals surface area contributed by atoms with Gasteiger partial charge in [0.05, 0.1) is 7.11 Å². The lowest BCUT2D eigenvalue weighted by Gasteiger charge is -2.25. The van der Waals surface area contributed by atoms with Crippen LogP contribution < -0.4 is 10.5 Å². The average molecular weight is 271 g/mol. The van der Waals surface area contributed by atoms with E-state index in [0.29, 0.717) is 5.75 Å². The van der Waals surface area contributed by atoms with Gasteiger partial charge in [-0.25, -0.2) is 4.39 Å². The molecule has 0 spiro atoms. The van der Waals surface area contributed by atoms with Crippen molar-refractivity contribution >= 4 is 0 Å². The number of nitrogens with two attached hydrogens (primary N) is 1. The van der Waals surface area contributed by atoms with Crippen molar-refractivity contribution in [1.82, 2.24) is 0 Å². The predicted octanol–water partition coefficient (Wildman–Crippen LogP) is 3.57. The largest absolute Gasteiger partial charge is 0.496 e. The SMILES string of the molecule is COc1ccc(F)cc1C(N)C1(c2ccccc2)CC1. The molecule has 0 amide bonds. The van der Waals surface area contributed by atoms with Crippen LogP contribution in [0.4, 0.5) is 4.39 Å². The van der Waals surface area contributed by atoms with Crippen molar-refractivity contribution in [3.8, 4) is 5.75 Å². The minimum Gasteiger partial charge on any atom is -0.496 e. The highest BCUT2D eigenvalue weighted by atomic mass is 19.1. The summed E-state index contributed by atoms with van der Waals surface area (Å²) in [5, 5.41) is 0. The molecular weight excluding hydrogens is 253 g/mol. The van der Waals surface area contributed by atoms with Crippen molar-refractivity contribution < 1.29 is 9.13 Å². The molecule has 0 heterocycles. The summed E-state index contributed by atoms with van der Waals surface area (Å²) in [7, 11) is 1.59. The van der Waals surface area contributed by atoms with Crippen molar-refractivity contribution in [2.24, 2.45) is 5.73 Å². The van der Waals surface area contributed by atoms with Crippen molar-refractivity contribution in [2.75, 3.05) is 7.11 Å². The minimum absolute atomic E-state index is 0.0810. The first-order chi connectivity index (χ1) is 9.67. The fourth-order valence-electron chi connectivity index (χ4n) is 2.93. The molecule has 1 unspecified atom stereocenters. The lowest BCUT2D eigenvalue weighted by atomic mass is 9.84. The third-order valence-electron chi connectivity index (χ3n) is 4.26. The topological polar surface area (TPSA) is 35.2 Å². The molecule has 1 atom stereocenters. The summed E-state index contributed by atoms with van der Waals surface area (Å²) in [5.41, 5.74) is 8.35. The molecule has 0 radical (unpaired) electrons. The van der Waals surface area contributed by atoms with Gasteiger partial charge in [-0.05, 0) is 36.6 Å². The molecule has 0 saturated heterocycles. The van der Waals surface area contributed by atoms with Crippen molar-refractivity contribution in [3.05, 3.63) is 65.5 Å². The number of rotatable bonds is 4. The smallest absolute Gasteiger partial charge is 0.123 e. The zero-order valence-electron chi connectivity index (χ0n) is 11.5. The van der Waals surface area contributed by atoms with Crippen LogP contribution in [-0.4, -0.2) is 7.11 Å². The Morgan fingerprint density at radius 2 is 1.85 bits per heavy atom. The molecule has 3 rings (SSSR count). The third-order valence-corrected chi connectivity index (χ3v) is 4.26. The summed E-state index contributed by atoms with van der Waals surface area (Å²) in [6.07, 6.45) is 2.05. The third kappa shape index (κ3) is 2.08. The van der Waals surface area contributed by atoms with Gasteiger partial charge in [-0.1, -0.05) is 30.3 Å². The fourth-order valence-corrected chi connectivity index (χ4v) is 2.93. The second-order valence-corrected chi connectivity index (χ2v) is 5.39. The number of methoxy groups -OCH3 is 1. The molecule has 2 nitrogen and oxygen atoms in total. The van der Waals surface area contributed by atoms with Crippen LogP contribution >= 0.6 is 0 Å². The fraction of sp³-hybridized carbons (Fsp3) is 0.294. The van der Waals surface area contributed by atoms with Crippen LogP contribution in [-0.2, 0) is 5.41 Å². The molecule has 1 aliphatic carbocycles. The summed E-state index contributed by atoms with van der Waals surface area (Å²) >= 11 is 0. The number of ether oxygens (including phenoxy) is 1. The average Bonchev–Trinajstić information content (AvgIpc) is 3.29. The van der Waals surface area contributed by atoms with E-state index in [0.717, 1.165) is 18.4 Å². The van der Waals surface area contributed by atoms with Gasteiger partial charge in [-0.2, -0.15) is 0 Å². The Morgan fingerprint density at radius 3 is 2.45 bits per heavy atom. The van der Waals surface area contributed by atoms with Gasteiger partial charge in [0.15, 0.2) is 0 Å². The maximum atomic E-state index is 13.5. The van der Waals surface area contributed by atoms with Crippen LogP contribution in [0.1, 0.15) is 30.0 Å². The van der Waals surface area contributed by atoms with E-state index in [4.69, 9.17) is 10.5 Å². The van der Waals surface area contributed by atoms with E-state index >= 15 is 0 Å². The Balaban J connectivity index is 2.01. The van der Waals surface area contributed by atoms with Crippen LogP contribution in [0.15, 0.2) is 48.5 Å². The number of benzene rings is 2. The Labute approximate surface area is 118 Å².